The van der Waals surface area contributed by atoms with Gasteiger partial charge in [-0.05, 0) is 29.5 Å². The molecule has 0 aromatic heterocycles. The Kier molecular flexibility index (Phi) is 3.49. The Morgan fingerprint density at radius 2 is 1.64 bits per heavy atom. The standard InChI is InChI=1S/C18H15N3O4/c22-20(23)12-6-4-11(5-7-12)18-16-3-1-2-14(16)15-9-8-13(21(24)25)10-17(15)19-18/h1-2,4-10,14,16,18-19H,3H2/t14-,16+,18+/m1/s1. The summed E-state index contributed by atoms with van der Waals surface area (Å²) in [5, 5.41) is 25.3. The van der Waals surface area contributed by atoms with Gasteiger partial charge in [-0.25, -0.2) is 0 Å². The molecule has 1 heterocycles. The molecule has 0 amide bonds. The highest BCUT2D eigenvalue weighted by molar-refractivity contribution is 5.63. The molecule has 0 saturated carbocycles. The fourth-order valence-electron chi connectivity index (χ4n) is 3.83. The Bertz CT molecular complexity index is 892. The van der Waals surface area contributed by atoms with E-state index in [2.05, 4.69) is 17.5 Å². The van der Waals surface area contributed by atoms with Crippen LogP contribution in [-0.2, 0) is 0 Å². The van der Waals surface area contributed by atoms with Crippen LogP contribution < -0.4 is 5.32 Å². The van der Waals surface area contributed by atoms with Crippen molar-refractivity contribution in [3.8, 4) is 0 Å². The smallest absolute Gasteiger partial charge is 0.271 e. The molecule has 2 aromatic rings. The van der Waals surface area contributed by atoms with Gasteiger partial charge in [-0.15, -0.1) is 0 Å². The van der Waals surface area contributed by atoms with Crippen molar-refractivity contribution < 1.29 is 9.85 Å². The van der Waals surface area contributed by atoms with Crippen LogP contribution in [-0.4, -0.2) is 9.85 Å². The Balaban J connectivity index is 1.74. The van der Waals surface area contributed by atoms with Crippen molar-refractivity contribution >= 4 is 17.1 Å². The second-order valence-corrected chi connectivity index (χ2v) is 6.35. The molecule has 0 radical (unpaired) electrons. The van der Waals surface area contributed by atoms with Crippen molar-refractivity contribution in [1.82, 2.24) is 0 Å². The molecule has 0 saturated heterocycles. The van der Waals surface area contributed by atoms with E-state index in [1.54, 1.807) is 18.2 Å². The summed E-state index contributed by atoms with van der Waals surface area (Å²) in [6.07, 6.45) is 5.18. The van der Waals surface area contributed by atoms with E-state index in [0.29, 0.717) is 0 Å². The van der Waals surface area contributed by atoms with Crippen LogP contribution in [0, 0.1) is 26.1 Å². The lowest BCUT2D eigenvalue weighted by Gasteiger charge is -2.37. The molecule has 3 atom stereocenters. The molecule has 1 aliphatic carbocycles. The van der Waals surface area contributed by atoms with Gasteiger partial charge in [-0.2, -0.15) is 0 Å². The molecule has 4 rings (SSSR count). The molecule has 0 spiro atoms. The summed E-state index contributed by atoms with van der Waals surface area (Å²) in [7, 11) is 0. The van der Waals surface area contributed by atoms with Gasteiger partial charge in [0.05, 0.1) is 15.9 Å². The first-order chi connectivity index (χ1) is 12.0. The fraction of sp³-hybridized carbons (Fsp3) is 0.222. The molecule has 7 nitrogen and oxygen atoms in total. The lowest BCUT2D eigenvalue weighted by atomic mass is 9.77. The highest BCUT2D eigenvalue weighted by atomic mass is 16.6. The third-order valence-corrected chi connectivity index (χ3v) is 5.02. The Hall–Kier alpha value is -3.22. The zero-order valence-corrected chi connectivity index (χ0v) is 13.2. The largest absolute Gasteiger partial charge is 0.377 e. The summed E-state index contributed by atoms with van der Waals surface area (Å²) in [6.45, 7) is 0. The molecule has 0 fully saturated rings. The van der Waals surface area contributed by atoms with Crippen molar-refractivity contribution in [1.29, 1.82) is 0 Å². The van der Waals surface area contributed by atoms with Crippen molar-refractivity contribution in [3.05, 3.63) is 86.0 Å². The van der Waals surface area contributed by atoms with Crippen molar-refractivity contribution in [2.24, 2.45) is 5.92 Å². The SMILES string of the molecule is O=[N+]([O-])c1ccc([C@@H]2Nc3cc([N+](=O)[O-])ccc3[C@H]3C=CC[C@@H]32)cc1. The number of nitro groups is 2. The summed E-state index contributed by atoms with van der Waals surface area (Å²) in [4.78, 5) is 21.1. The maximum atomic E-state index is 11.1. The molecule has 0 bridgehead atoms. The highest BCUT2D eigenvalue weighted by Crippen LogP contribution is 2.50. The Morgan fingerprint density at radius 3 is 2.32 bits per heavy atom. The zero-order valence-electron chi connectivity index (χ0n) is 13.2. The summed E-state index contributed by atoms with van der Waals surface area (Å²) < 4.78 is 0. The fourth-order valence-corrected chi connectivity index (χ4v) is 3.83. The van der Waals surface area contributed by atoms with Crippen LogP contribution in [0.1, 0.15) is 29.5 Å². The lowest BCUT2D eigenvalue weighted by Crippen LogP contribution is -2.29. The van der Waals surface area contributed by atoms with E-state index in [1.165, 1.54) is 18.2 Å². The van der Waals surface area contributed by atoms with Gasteiger partial charge < -0.3 is 5.32 Å². The van der Waals surface area contributed by atoms with Gasteiger partial charge in [0.2, 0.25) is 0 Å². The second-order valence-electron chi connectivity index (χ2n) is 6.35. The van der Waals surface area contributed by atoms with Crippen molar-refractivity contribution in [2.45, 2.75) is 18.4 Å². The number of anilines is 1. The van der Waals surface area contributed by atoms with Crippen LogP contribution in [0.5, 0.6) is 0 Å². The topological polar surface area (TPSA) is 98.3 Å². The molecule has 126 valence electrons. The molecular formula is C18H15N3O4. The quantitative estimate of drug-likeness (QED) is 0.510. The number of nitrogens with one attached hydrogen (secondary N) is 1. The van der Waals surface area contributed by atoms with E-state index in [9.17, 15) is 20.2 Å². The van der Waals surface area contributed by atoms with Crippen LogP contribution >= 0.6 is 0 Å². The molecule has 7 heteroatoms. The first-order valence-electron chi connectivity index (χ1n) is 8.00. The lowest BCUT2D eigenvalue weighted by molar-refractivity contribution is -0.385. The van der Waals surface area contributed by atoms with Crippen molar-refractivity contribution in [3.63, 3.8) is 0 Å². The minimum atomic E-state index is -0.420. The summed E-state index contributed by atoms with van der Waals surface area (Å²) in [5.41, 5.74) is 2.86. The highest BCUT2D eigenvalue weighted by Gasteiger charge is 2.38. The van der Waals surface area contributed by atoms with Crippen LogP contribution in [0.15, 0.2) is 54.6 Å². The van der Waals surface area contributed by atoms with Gasteiger partial charge in [-0.1, -0.05) is 24.3 Å². The molecule has 2 aromatic carbocycles. The molecule has 0 unspecified atom stereocenters. The number of nitro benzene ring substituents is 2. The van der Waals surface area contributed by atoms with E-state index >= 15 is 0 Å². The van der Waals surface area contributed by atoms with Crippen LogP contribution in [0.25, 0.3) is 0 Å². The van der Waals surface area contributed by atoms with E-state index in [4.69, 9.17) is 0 Å². The zero-order chi connectivity index (χ0) is 17.6. The maximum Gasteiger partial charge on any atom is 0.271 e. The summed E-state index contributed by atoms with van der Waals surface area (Å²) in [5.74, 6) is 0.479. The maximum absolute atomic E-state index is 11.1. The first kappa shape index (κ1) is 15.3. The molecule has 1 N–H and O–H groups in total. The second kappa shape index (κ2) is 5.70. The minimum Gasteiger partial charge on any atom is -0.377 e. The van der Waals surface area contributed by atoms with Gasteiger partial charge in [0.15, 0.2) is 0 Å². The third-order valence-electron chi connectivity index (χ3n) is 5.02. The molecule has 1 aliphatic heterocycles. The van der Waals surface area contributed by atoms with Gasteiger partial charge in [-0.3, -0.25) is 20.2 Å². The molecule has 25 heavy (non-hydrogen) atoms. The van der Waals surface area contributed by atoms with E-state index in [0.717, 1.165) is 23.2 Å². The number of allylic oxidation sites excluding steroid dienone is 2. The average Bonchev–Trinajstić information content (AvgIpc) is 3.10. The van der Waals surface area contributed by atoms with Crippen LogP contribution in [0.4, 0.5) is 17.1 Å². The number of fused-ring (bicyclic) bond motifs is 3. The minimum absolute atomic E-state index is 0.0460. The number of benzene rings is 2. The van der Waals surface area contributed by atoms with Gasteiger partial charge >= 0.3 is 0 Å². The predicted molar refractivity (Wildman–Crippen MR) is 92.5 cm³/mol. The predicted octanol–water partition coefficient (Wildman–Crippen LogP) is 4.33. The van der Waals surface area contributed by atoms with Gasteiger partial charge in [0.25, 0.3) is 11.4 Å². The number of rotatable bonds is 3. The van der Waals surface area contributed by atoms with E-state index in [-0.39, 0.29) is 29.3 Å². The number of nitrogens with zero attached hydrogens (tertiary/aromatic N) is 2. The van der Waals surface area contributed by atoms with Crippen molar-refractivity contribution in [2.75, 3.05) is 5.32 Å². The van der Waals surface area contributed by atoms with E-state index < -0.39 is 9.85 Å². The van der Waals surface area contributed by atoms with Gasteiger partial charge in [0.1, 0.15) is 0 Å². The monoisotopic (exact) mass is 337 g/mol. The first-order valence-corrected chi connectivity index (χ1v) is 8.00. The third kappa shape index (κ3) is 2.53. The summed E-state index contributed by atoms with van der Waals surface area (Å²) in [6, 6.07) is 11.4. The van der Waals surface area contributed by atoms with E-state index in [1.807, 2.05) is 6.07 Å². The number of hydrogen-bond donors (Lipinski definition) is 1. The van der Waals surface area contributed by atoms with Crippen LogP contribution in [0.3, 0.4) is 0 Å². The number of hydrogen-bond acceptors (Lipinski definition) is 5. The van der Waals surface area contributed by atoms with Gasteiger partial charge in [0, 0.05) is 35.9 Å². The Morgan fingerprint density at radius 1 is 0.960 bits per heavy atom. The number of non-ortho nitro benzene ring substituents is 2. The van der Waals surface area contributed by atoms with Crippen LogP contribution in [0.2, 0.25) is 0 Å². The molecule has 2 aliphatic rings. The summed E-state index contributed by atoms with van der Waals surface area (Å²) >= 11 is 0. The Labute approximate surface area is 143 Å². The molecular weight excluding hydrogens is 322 g/mol. The normalized spacial score (nSPS) is 23.4. The average molecular weight is 337 g/mol.